The lowest BCUT2D eigenvalue weighted by Gasteiger charge is -2.12. The van der Waals surface area contributed by atoms with Gasteiger partial charge in [-0.3, -0.25) is 0 Å². The summed E-state index contributed by atoms with van der Waals surface area (Å²) in [7, 11) is 0. The zero-order valence-corrected chi connectivity index (χ0v) is 13.2. The second-order valence-electron chi connectivity index (χ2n) is 5.26. The van der Waals surface area contributed by atoms with Crippen LogP contribution in [0.1, 0.15) is 19.4 Å². The van der Waals surface area contributed by atoms with E-state index in [0.717, 1.165) is 12.1 Å². The summed E-state index contributed by atoms with van der Waals surface area (Å²) >= 11 is 5.92. The molecule has 0 aliphatic rings. The summed E-state index contributed by atoms with van der Waals surface area (Å²) in [5.41, 5.74) is -0.754. The summed E-state index contributed by atoms with van der Waals surface area (Å²) in [6.45, 7) is 4.74. The Labute approximate surface area is 136 Å². The van der Waals surface area contributed by atoms with E-state index in [1.807, 2.05) is 13.8 Å². The molecule has 0 aliphatic heterocycles. The van der Waals surface area contributed by atoms with Crippen LogP contribution in [0.3, 0.4) is 0 Å². The van der Waals surface area contributed by atoms with Crippen molar-refractivity contribution in [1.29, 1.82) is 0 Å². The van der Waals surface area contributed by atoms with Crippen molar-refractivity contribution in [2.24, 2.45) is 5.92 Å². The molecule has 0 amide bonds. The molecule has 1 aromatic heterocycles. The van der Waals surface area contributed by atoms with E-state index in [1.165, 1.54) is 12.3 Å². The minimum absolute atomic E-state index is 0.0555. The van der Waals surface area contributed by atoms with Gasteiger partial charge in [-0.1, -0.05) is 25.4 Å². The molecule has 1 heterocycles. The maximum absolute atomic E-state index is 12.8. The van der Waals surface area contributed by atoms with Crippen molar-refractivity contribution in [3.05, 3.63) is 35.0 Å². The largest absolute Gasteiger partial charge is 0.416 e. The second-order valence-corrected chi connectivity index (χ2v) is 5.66. The third-order valence-electron chi connectivity index (χ3n) is 2.79. The third-order valence-corrected chi connectivity index (χ3v) is 3.12. The molecule has 5 nitrogen and oxygen atoms in total. The van der Waals surface area contributed by atoms with Crippen LogP contribution in [0.5, 0.6) is 0 Å². The average Bonchev–Trinajstić information content (AvgIpc) is 2.47. The Morgan fingerprint density at radius 1 is 1.26 bits per heavy atom. The second kappa shape index (κ2) is 6.99. The number of nitrogens with zero attached hydrogens (tertiary/aromatic N) is 3. The summed E-state index contributed by atoms with van der Waals surface area (Å²) in [6.07, 6.45) is -3.03. The van der Waals surface area contributed by atoms with Gasteiger partial charge in [0.05, 0.1) is 22.5 Å². The quantitative estimate of drug-likeness (QED) is 0.843. The van der Waals surface area contributed by atoms with Crippen molar-refractivity contribution in [3.63, 3.8) is 0 Å². The predicted octanol–water partition coefficient (Wildman–Crippen LogP) is 4.36. The topological polar surface area (TPSA) is 62.7 Å². The van der Waals surface area contributed by atoms with Crippen LogP contribution in [-0.4, -0.2) is 21.7 Å². The first-order valence-electron chi connectivity index (χ1n) is 6.83. The van der Waals surface area contributed by atoms with Gasteiger partial charge in [0.1, 0.15) is 0 Å². The molecule has 0 aliphatic carbocycles. The molecule has 124 valence electrons. The van der Waals surface area contributed by atoms with Crippen LogP contribution >= 0.6 is 11.6 Å². The van der Waals surface area contributed by atoms with Crippen molar-refractivity contribution in [3.8, 4) is 0 Å². The van der Waals surface area contributed by atoms with Gasteiger partial charge in [-0.05, 0) is 24.1 Å². The first kappa shape index (κ1) is 17.3. The predicted molar refractivity (Wildman–Crippen MR) is 82.9 cm³/mol. The van der Waals surface area contributed by atoms with Gasteiger partial charge < -0.3 is 10.6 Å². The highest BCUT2D eigenvalue weighted by atomic mass is 35.5. The monoisotopic (exact) mass is 345 g/mol. The lowest BCUT2D eigenvalue weighted by atomic mass is 10.2. The SMILES string of the molecule is CC(C)CNc1cnnc(Nc2cc(C(F)(F)F)ccc2Cl)n1. The van der Waals surface area contributed by atoms with E-state index in [2.05, 4.69) is 25.8 Å². The van der Waals surface area contributed by atoms with Crippen molar-refractivity contribution in [2.75, 3.05) is 17.2 Å². The number of alkyl halides is 3. The average molecular weight is 346 g/mol. The van der Waals surface area contributed by atoms with Crippen LogP contribution in [0.4, 0.5) is 30.6 Å². The van der Waals surface area contributed by atoms with Gasteiger partial charge >= 0.3 is 6.18 Å². The van der Waals surface area contributed by atoms with Gasteiger partial charge in [0.2, 0.25) is 5.95 Å². The highest BCUT2D eigenvalue weighted by Crippen LogP contribution is 2.34. The number of halogens is 4. The molecule has 1 aromatic carbocycles. The first-order valence-corrected chi connectivity index (χ1v) is 7.21. The van der Waals surface area contributed by atoms with E-state index in [-0.39, 0.29) is 16.7 Å². The fraction of sp³-hybridized carbons (Fsp3) is 0.357. The van der Waals surface area contributed by atoms with Gasteiger partial charge in [-0.15, -0.1) is 5.10 Å². The lowest BCUT2D eigenvalue weighted by Crippen LogP contribution is -2.11. The summed E-state index contributed by atoms with van der Waals surface area (Å²) < 4.78 is 38.3. The van der Waals surface area contributed by atoms with E-state index in [9.17, 15) is 13.2 Å². The van der Waals surface area contributed by atoms with E-state index < -0.39 is 11.7 Å². The Morgan fingerprint density at radius 3 is 2.65 bits per heavy atom. The van der Waals surface area contributed by atoms with Crippen molar-refractivity contribution >= 4 is 29.1 Å². The summed E-state index contributed by atoms with van der Waals surface area (Å²) in [5, 5.41) is 13.3. The molecule has 0 radical (unpaired) electrons. The number of benzene rings is 1. The molecule has 0 bridgehead atoms. The minimum Gasteiger partial charge on any atom is -0.368 e. The molecule has 2 rings (SSSR count). The van der Waals surface area contributed by atoms with Crippen LogP contribution in [0.25, 0.3) is 0 Å². The fourth-order valence-corrected chi connectivity index (χ4v) is 1.83. The summed E-state index contributed by atoms with van der Waals surface area (Å²) in [4.78, 5) is 4.14. The van der Waals surface area contributed by atoms with Gasteiger partial charge in [0.25, 0.3) is 0 Å². The van der Waals surface area contributed by atoms with Crippen LogP contribution in [0.2, 0.25) is 5.02 Å². The number of nitrogens with one attached hydrogen (secondary N) is 2. The molecule has 2 aromatic rings. The first-order chi connectivity index (χ1) is 10.8. The van der Waals surface area contributed by atoms with Gasteiger partial charge in [-0.2, -0.15) is 23.3 Å². The molecule has 0 spiro atoms. The molecule has 9 heteroatoms. The highest BCUT2D eigenvalue weighted by Gasteiger charge is 2.31. The van der Waals surface area contributed by atoms with Crippen molar-refractivity contribution < 1.29 is 13.2 Å². The van der Waals surface area contributed by atoms with Gasteiger partial charge in [-0.25, -0.2) is 0 Å². The summed E-state index contributed by atoms with van der Waals surface area (Å²) in [6, 6.07) is 2.98. The molecule has 0 unspecified atom stereocenters. The highest BCUT2D eigenvalue weighted by molar-refractivity contribution is 6.33. The number of aromatic nitrogens is 3. The van der Waals surface area contributed by atoms with Gasteiger partial charge in [0, 0.05) is 6.54 Å². The molecule has 0 saturated heterocycles. The summed E-state index contributed by atoms with van der Waals surface area (Å²) in [5.74, 6) is 0.929. The standard InChI is InChI=1S/C14H15ClF3N5/c1-8(2)6-19-12-7-20-23-13(22-12)21-11-5-9(14(16,17)18)3-4-10(11)15/h3-5,7-8H,6H2,1-2H3,(H2,19,21,22,23). The Bertz CT molecular complexity index is 676. The van der Waals surface area contributed by atoms with Crippen LogP contribution in [0, 0.1) is 5.92 Å². The zero-order valence-electron chi connectivity index (χ0n) is 12.4. The Balaban J connectivity index is 2.20. The molecule has 2 N–H and O–H groups in total. The van der Waals surface area contributed by atoms with E-state index in [4.69, 9.17) is 11.6 Å². The zero-order chi connectivity index (χ0) is 17.0. The number of rotatable bonds is 5. The molecular formula is C14H15ClF3N5. The van der Waals surface area contributed by atoms with Crippen LogP contribution < -0.4 is 10.6 Å². The van der Waals surface area contributed by atoms with Crippen LogP contribution in [-0.2, 0) is 6.18 Å². The molecule has 0 atom stereocenters. The normalized spacial score (nSPS) is 11.6. The van der Waals surface area contributed by atoms with Crippen LogP contribution in [0.15, 0.2) is 24.4 Å². The number of hydrogen-bond donors (Lipinski definition) is 2. The smallest absolute Gasteiger partial charge is 0.368 e. The molecular weight excluding hydrogens is 331 g/mol. The molecule has 0 fully saturated rings. The van der Waals surface area contributed by atoms with Gasteiger partial charge in [0.15, 0.2) is 5.82 Å². The maximum Gasteiger partial charge on any atom is 0.416 e. The molecule has 0 saturated carbocycles. The van der Waals surface area contributed by atoms with Crippen molar-refractivity contribution in [1.82, 2.24) is 15.2 Å². The minimum atomic E-state index is -4.46. The van der Waals surface area contributed by atoms with E-state index in [1.54, 1.807) is 0 Å². The maximum atomic E-state index is 12.8. The third kappa shape index (κ3) is 4.95. The van der Waals surface area contributed by atoms with E-state index >= 15 is 0 Å². The Hall–Kier alpha value is -2.09. The number of anilines is 3. The Kier molecular flexibility index (Phi) is 5.25. The number of hydrogen-bond acceptors (Lipinski definition) is 5. The van der Waals surface area contributed by atoms with Crippen molar-refractivity contribution in [2.45, 2.75) is 20.0 Å². The fourth-order valence-electron chi connectivity index (χ4n) is 1.67. The lowest BCUT2D eigenvalue weighted by molar-refractivity contribution is -0.137. The van der Waals surface area contributed by atoms with E-state index in [0.29, 0.717) is 18.3 Å². The molecule has 23 heavy (non-hydrogen) atoms. The Morgan fingerprint density at radius 2 is 2.00 bits per heavy atom.